The fourth-order valence-electron chi connectivity index (χ4n) is 2.97. The van der Waals surface area contributed by atoms with Gasteiger partial charge in [-0.2, -0.15) is 5.26 Å². The Kier molecular flexibility index (Phi) is 3.82. The van der Waals surface area contributed by atoms with E-state index in [9.17, 15) is 5.26 Å². The quantitative estimate of drug-likeness (QED) is 0.535. The largest absolute Gasteiger partial charge is 0.310 e. The second kappa shape index (κ2) is 6.30. The predicted octanol–water partition coefficient (Wildman–Crippen LogP) is 3.50. The van der Waals surface area contributed by atoms with Crippen molar-refractivity contribution in [2.45, 2.75) is 6.92 Å². The first-order valence-electron chi connectivity index (χ1n) is 8.18. The van der Waals surface area contributed by atoms with E-state index >= 15 is 0 Å². The molecule has 0 atom stereocenters. The third-order valence-corrected chi connectivity index (χ3v) is 4.32. The molecule has 0 spiro atoms. The third kappa shape index (κ3) is 2.56. The summed E-state index contributed by atoms with van der Waals surface area (Å²) in [6.07, 6.45) is 5.48. The van der Waals surface area contributed by atoms with E-state index in [1.165, 1.54) is 0 Å². The first-order valence-corrected chi connectivity index (χ1v) is 8.18. The van der Waals surface area contributed by atoms with Crippen LogP contribution in [0.25, 0.3) is 28.7 Å². The number of allylic oxidation sites excluding steroid dienone is 1. The van der Waals surface area contributed by atoms with Crippen molar-refractivity contribution in [3.63, 3.8) is 0 Å². The highest BCUT2D eigenvalue weighted by Gasteiger charge is 2.15. The van der Waals surface area contributed by atoms with Crippen LogP contribution in [0.3, 0.4) is 0 Å². The fourth-order valence-corrected chi connectivity index (χ4v) is 2.97. The normalized spacial score (nSPS) is 11.7. The Morgan fingerprint density at radius 3 is 2.69 bits per heavy atom. The van der Waals surface area contributed by atoms with Crippen LogP contribution in [-0.2, 0) is 7.05 Å². The smallest absolute Gasteiger partial charge is 0.174 e. The first-order chi connectivity index (χ1) is 12.7. The molecule has 6 nitrogen and oxygen atoms in total. The molecule has 0 saturated carbocycles. The highest BCUT2D eigenvalue weighted by Crippen LogP contribution is 2.22. The van der Waals surface area contributed by atoms with Crippen LogP contribution in [0.2, 0.25) is 0 Å². The zero-order chi connectivity index (χ0) is 18.1. The van der Waals surface area contributed by atoms with Crippen LogP contribution in [0, 0.1) is 18.3 Å². The van der Waals surface area contributed by atoms with Gasteiger partial charge < -0.3 is 8.97 Å². The van der Waals surface area contributed by atoms with Crippen LogP contribution in [0.1, 0.15) is 17.1 Å². The summed E-state index contributed by atoms with van der Waals surface area (Å²) in [5.41, 5.74) is 4.17. The molecule has 0 radical (unpaired) electrons. The molecule has 1 aromatic carbocycles. The maximum atomic E-state index is 9.68. The second-order valence-electron chi connectivity index (χ2n) is 6.01. The van der Waals surface area contributed by atoms with Gasteiger partial charge in [0.15, 0.2) is 11.6 Å². The van der Waals surface area contributed by atoms with Crippen molar-refractivity contribution in [3.05, 3.63) is 71.9 Å². The SMILES string of the molecule is Cc1cccn2c(/C=C(\C#N)c3nnc(-c4ccccc4)n3C)cnc12. The van der Waals surface area contributed by atoms with Crippen LogP contribution in [0.4, 0.5) is 0 Å². The van der Waals surface area contributed by atoms with E-state index < -0.39 is 0 Å². The van der Waals surface area contributed by atoms with Crippen molar-refractivity contribution in [2.75, 3.05) is 0 Å². The maximum absolute atomic E-state index is 9.68. The van der Waals surface area contributed by atoms with Crippen molar-refractivity contribution in [2.24, 2.45) is 7.05 Å². The number of benzene rings is 1. The van der Waals surface area contributed by atoms with Crippen LogP contribution >= 0.6 is 0 Å². The van der Waals surface area contributed by atoms with Crippen molar-refractivity contribution in [1.29, 1.82) is 5.26 Å². The average molecular weight is 340 g/mol. The van der Waals surface area contributed by atoms with Gasteiger partial charge in [0.1, 0.15) is 11.7 Å². The van der Waals surface area contributed by atoms with Gasteiger partial charge in [-0.25, -0.2) is 4.98 Å². The third-order valence-electron chi connectivity index (χ3n) is 4.32. The van der Waals surface area contributed by atoms with E-state index in [0.717, 1.165) is 28.3 Å². The summed E-state index contributed by atoms with van der Waals surface area (Å²) in [4.78, 5) is 4.44. The summed E-state index contributed by atoms with van der Waals surface area (Å²) in [6.45, 7) is 2.01. The van der Waals surface area contributed by atoms with Gasteiger partial charge in [0.05, 0.1) is 17.5 Å². The van der Waals surface area contributed by atoms with Gasteiger partial charge in [-0.3, -0.25) is 0 Å². The molecule has 4 aromatic rings. The molecule has 0 saturated heterocycles. The monoisotopic (exact) mass is 340 g/mol. The van der Waals surface area contributed by atoms with E-state index in [-0.39, 0.29) is 0 Å². The van der Waals surface area contributed by atoms with Crippen molar-refractivity contribution in [1.82, 2.24) is 24.1 Å². The lowest BCUT2D eigenvalue weighted by Crippen LogP contribution is -1.99. The molecular formula is C20H16N6. The lowest BCUT2D eigenvalue weighted by atomic mass is 10.2. The molecular weight excluding hydrogens is 324 g/mol. The first kappa shape index (κ1) is 15.8. The van der Waals surface area contributed by atoms with E-state index in [1.807, 2.05) is 71.6 Å². The molecule has 3 aromatic heterocycles. The summed E-state index contributed by atoms with van der Waals surface area (Å²) in [7, 11) is 1.86. The van der Waals surface area contributed by atoms with Gasteiger partial charge in [0.25, 0.3) is 0 Å². The van der Waals surface area contributed by atoms with E-state index in [1.54, 1.807) is 12.3 Å². The van der Waals surface area contributed by atoms with Crippen molar-refractivity contribution >= 4 is 17.3 Å². The molecule has 3 heterocycles. The fraction of sp³-hybridized carbons (Fsp3) is 0.100. The molecule has 0 fully saturated rings. The van der Waals surface area contributed by atoms with Crippen LogP contribution in [0.5, 0.6) is 0 Å². The number of pyridine rings is 1. The maximum Gasteiger partial charge on any atom is 0.174 e. The molecule has 0 aliphatic heterocycles. The van der Waals surface area contributed by atoms with E-state index in [0.29, 0.717) is 11.4 Å². The summed E-state index contributed by atoms with van der Waals surface area (Å²) in [5.74, 6) is 1.24. The Labute approximate surface area is 150 Å². The van der Waals surface area contributed by atoms with Crippen LogP contribution in [-0.4, -0.2) is 24.1 Å². The zero-order valence-corrected chi connectivity index (χ0v) is 14.5. The Bertz CT molecular complexity index is 1160. The number of nitriles is 1. The van der Waals surface area contributed by atoms with Gasteiger partial charge in [-0.1, -0.05) is 36.4 Å². The van der Waals surface area contributed by atoms with Gasteiger partial charge in [-0.15, -0.1) is 10.2 Å². The van der Waals surface area contributed by atoms with E-state index in [2.05, 4.69) is 21.3 Å². The molecule has 26 heavy (non-hydrogen) atoms. The highest BCUT2D eigenvalue weighted by atomic mass is 15.3. The minimum Gasteiger partial charge on any atom is -0.310 e. The molecule has 0 bridgehead atoms. The Morgan fingerprint density at radius 1 is 1.12 bits per heavy atom. The number of nitrogens with zero attached hydrogens (tertiary/aromatic N) is 6. The zero-order valence-electron chi connectivity index (χ0n) is 14.5. The number of aromatic nitrogens is 5. The number of rotatable bonds is 3. The Hall–Kier alpha value is -3.72. The topological polar surface area (TPSA) is 71.8 Å². The molecule has 4 rings (SSSR count). The molecule has 0 N–H and O–H groups in total. The van der Waals surface area contributed by atoms with Crippen molar-refractivity contribution < 1.29 is 0 Å². The highest BCUT2D eigenvalue weighted by molar-refractivity contribution is 5.87. The lowest BCUT2D eigenvalue weighted by Gasteiger charge is -2.03. The van der Waals surface area contributed by atoms with Gasteiger partial charge in [0.2, 0.25) is 0 Å². The summed E-state index contributed by atoms with van der Waals surface area (Å²) < 4.78 is 3.79. The molecule has 126 valence electrons. The number of hydrogen-bond donors (Lipinski definition) is 0. The van der Waals surface area contributed by atoms with Crippen molar-refractivity contribution in [3.8, 4) is 17.5 Å². The van der Waals surface area contributed by atoms with Gasteiger partial charge in [0, 0.05) is 18.8 Å². The average Bonchev–Trinajstić information content (AvgIpc) is 3.25. The molecule has 0 amide bonds. The Morgan fingerprint density at radius 2 is 1.92 bits per heavy atom. The molecule has 6 heteroatoms. The summed E-state index contributed by atoms with van der Waals surface area (Å²) in [5, 5.41) is 18.2. The summed E-state index contributed by atoms with van der Waals surface area (Å²) >= 11 is 0. The number of aryl methyl sites for hydroxylation is 1. The molecule has 0 unspecified atom stereocenters. The molecule has 0 aliphatic carbocycles. The standard InChI is InChI=1S/C20H16N6/c1-14-7-6-10-26-17(13-22-18(14)26)11-16(12-21)20-24-23-19(25(20)2)15-8-4-3-5-9-15/h3-11,13H,1-2H3/b16-11+. The van der Waals surface area contributed by atoms with Gasteiger partial charge >= 0.3 is 0 Å². The van der Waals surface area contributed by atoms with Crippen LogP contribution < -0.4 is 0 Å². The second-order valence-corrected chi connectivity index (χ2v) is 6.01. The Balaban J connectivity index is 1.81. The number of imidazole rings is 1. The number of hydrogen-bond acceptors (Lipinski definition) is 4. The minimum atomic E-state index is 0.436. The minimum absolute atomic E-state index is 0.436. The van der Waals surface area contributed by atoms with Gasteiger partial charge in [-0.05, 0) is 24.6 Å². The molecule has 0 aliphatic rings. The number of fused-ring (bicyclic) bond motifs is 1. The van der Waals surface area contributed by atoms with Crippen LogP contribution in [0.15, 0.2) is 54.9 Å². The van der Waals surface area contributed by atoms with E-state index in [4.69, 9.17) is 0 Å². The predicted molar refractivity (Wildman–Crippen MR) is 99.9 cm³/mol. The lowest BCUT2D eigenvalue weighted by molar-refractivity contribution is 0.900. The summed E-state index contributed by atoms with van der Waals surface area (Å²) in [6, 6.07) is 16.0.